The van der Waals surface area contributed by atoms with E-state index >= 15 is 0 Å². The summed E-state index contributed by atoms with van der Waals surface area (Å²) in [5.74, 6) is -0.432. The second kappa shape index (κ2) is 5.29. The van der Waals surface area contributed by atoms with Crippen LogP contribution in [0.15, 0.2) is 11.1 Å². The first-order valence-electron chi connectivity index (χ1n) is 6.59. The number of alkyl halides is 3. The standard InChI is InChI=1S/C14H22F3O2Si/c1-9-10(7-14(15,16)17)11(18)8-13(9,12(2,3)4)19-20(5)6/h7-8H2,1-6H3. The van der Waals surface area contributed by atoms with E-state index in [9.17, 15) is 18.0 Å². The van der Waals surface area contributed by atoms with Gasteiger partial charge in [-0.05, 0) is 31.0 Å². The third-order valence-electron chi connectivity index (χ3n) is 3.77. The minimum atomic E-state index is -4.37. The molecule has 0 spiro atoms. The second-order valence-corrected chi connectivity index (χ2v) is 8.60. The second-order valence-electron chi connectivity index (χ2n) is 6.58. The molecule has 1 aliphatic rings. The largest absolute Gasteiger partial charge is 0.407 e. The van der Waals surface area contributed by atoms with Gasteiger partial charge in [-0.15, -0.1) is 0 Å². The molecule has 1 rings (SSSR count). The summed E-state index contributed by atoms with van der Waals surface area (Å²) in [6, 6.07) is 0. The quantitative estimate of drug-likeness (QED) is 0.727. The molecule has 2 nitrogen and oxygen atoms in total. The summed E-state index contributed by atoms with van der Waals surface area (Å²) in [5, 5.41) is 0. The maximum atomic E-state index is 12.6. The van der Waals surface area contributed by atoms with Crippen LogP contribution in [0.2, 0.25) is 13.1 Å². The van der Waals surface area contributed by atoms with Gasteiger partial charge in [-0.1, -0.05) is 20.8 Å². The molecule has 115 valence electrons. The van der Waals surface area contributed by atoms with Crippen LogP contribution in [0.25, 0.3) is 0 Å². The summed E-state index contributed by atoms with van der Waals surface area (Å²) >= 11 is 0. The number of hydrogen-bond acceptors (Lipinski definition) is 2. The highest BCUT2D eigenvalue weighted by Gasteiger charge is 2.53. The molecule has 0 amide bonds. The van der Waals surface area contributed by atoms with Crippen molar-refractivity contribution in [3.05, 3.63) is 11.1 Å². The normalized spacial score (nSPS) is 25.0. The highest BCUT2D eigenvalue weighted by Crippen LogP contribution is 2.50. The predicted molar refractivity (Wildman–Crippen MR) is 73.7 cm³/mol. The van der Waals surface area contributed by atoms with E-state index in [1.807, 2.05) is 33.9 Å². The molecular formula is C14H22F3O2Si. The highest BCUT2D eigenvalue weighted by atomic mass is 28.3. The fraction of sp³-hybridized carbons (Fsp3) is 0.786. The summed E-state index contributed by atoms with van der Waals surface area (Å²) in [6.07, 6.45) is -5.51. The number of halogens is 3. The minimum absolute atomic E-state index is 0.0175. The molecule has 6 heteroatoms. The summed E-state index contributed by atoms with van der Waals surface area (Å²) in [4.78, 5) is 12.1. The maximum Gasteiger partial charge on any atom is 0.393 e. The Labute approximate surface area is 120 Å². The number of Topliss-reactive ketones (excluding diaryl/α,β-unsaturated/α-hetero) is 1. The molecule has 0 heterocycles. The van der Waals surface area contributed by atoms with Crippen LogP contribution in [-0.4, -0.2) is 26.6 Å². The number of allylic oxidation sites excluding steroid dienone is 1. The summed E-state index contributed by atoms with van der Waals surface area (Å²) in [7, 11) is -1.15. The fourth-order valence-corrected chi connectivity index (χ4v) is 4.02. The van der Waals surface area contributed by atoms with Gasteiger partial charge in [-0.3, -0.25) is 4.79 Å². The van der Waals surface area contributed by atoms with Crippen LogP contribution in [0.4, 0.5) is 13.2 Å². The fourth-order valence-electron chi connectivity index (χ4n) is 2.79. The van der Waals surface area contributed by atoms with Crippen molar-refractivity contribution in [2.45, 2.75) is 65.4 Å². The molecule has 20 heavy (non-hydrogen) atoms. The zero-order valence-corrected chi connectivity index (χ0v) is 13.9. The van der Waals surface area contributed by atoms with E-state index < -0.39 is 38.4 Å². The lowest BCUT2D eigenvalue weighted by molar-refractivity contribution is -0.133. The van der Waals surface area contributed by atoms with Gasteiger partial charge in [0.1, 0.15) is 0 Å². The van der Waals surface area contributed by atoms with Gasteiger partial charge in [-0.25, -0.2) is 0 Å². The van der Waals surface area contributed by atoms with E-state index in [1.54, 1.807) is 6.92 Å². The molecule has 0 saturated carbocycles. The Kier molecular flexibility index (Phi) is 4.61. The predicted octanol–water partition coefficient (Wildman–Crippen LogP) is 4.28. The van der Waals surface area contributed by atoms with Crippen molar-refractivity contribution in [3.8, 4) is 0 Å². The Bertz CT molecular complexity index is 433. The number of ketones is 1. The Morgan fingerprint density at radius 1 is 1.25 bits per heavy atom. The van der Waals surface area contributed by atoms with Gasteiger partial charge in [0.2, 0.25) is 9.04 Å². The zero-order chi connectivity index (χ0) is 15.9. The minimum Gasteiger partial charge on any atom is -0.407 e. The van der Waals surface area contributed by atoms with Crippen molar-refractivity contribution in [1.29, 1.82) is 0 Å². The summed E-state index contributed by atoms with van der Waals surface area (Å²) < 4.78 is 44.0. The molecule has 0 bridgehead atoms. The number of carbonyl (C=O) groups is 1. The van der Waals surface area contributed by atoms with Crippen molar-refractivity contribution < 1.29 is 22.4 Å². The highest BCUT2D eigenvalue weighted by molar-refractivity contribution is 6.48. The van der Waals surface area contributed by atoms with Crippen LogP contribution in [0.1, 0.15) is 40.5 Å². The van der Waals surface area contributed by atoms with Gasteiger partial charge in [0.05, 0.1) is 12.0 Å². The Morgan fingerprint density at radius 3 is 2.10 bits per heavy atom. The SMILES string of the molecule is CC1=C(CC(F)(F)F)C(=O)CC1(O[Si](C)C)C(C)(C)C. The maximum absolute atomic E-state index is 12.6. The molecule has 0 saturated heterocycles. The third-order valence-corrected chi connectivity index (χ3v) is 4.53. The average Bonchev–Trinajstić information content (AvgIpc) is 2.40. The van der Waals surface area contributed by atoms with Crippen molar-refractivity contribution in [2.24, 2.45) is 5.41 Å². The van der Waals surface area contributed by atoms with Crippen LogP contribution in [0.5, 0.6) is 0 Å². The Morgan fingerprint density at radius 2 is 1.75 bits per heavy atom. The van der Waals surface area contributed by atoms with Crippen LogP contribution in [0.3, 0.4) is 0 Å². The first kappa shape index (κ1) is 17.4. The van der Waals surface area contributed by atoms with Gasteiger partial charge in [-0.2, -0.15) is 13.2 Å². The van der Waals surface area contributed by atoms with Crippen molar-refractivity contribution in [3.63, 3.8) is 0 Å². The lowest BCUT2D eigenvalue weighted by atomic mass is 9.72. The van der Waals surface area contributed by atoms with E-state index in [0.717, 1.165) is 0 Å². The topological polar surface area (TPSA) is 26.3 Å². The number of rotatable bonds is 3. The number of carbonyl (C=O) groups excluding carboxylic acids is 1. The van der Waals surface area contributed by atoms with Crippen molar-refractivity contribution >= 4 is 14.8 Å². The van der Waals surface area contributed by atoms with E-state index in [-0.39, 0.29) is 12.0 Å². The molecular weight excluding hydrogens is 285 g/mol. The van der Waals surface area contributed by atoms with Gasteiger partial charge < -0.3 is 4.43 Å². The zero-order valence-electron chi connectivity index (χ0n) is 12.9. The molecule has 0 aliphatic heterocycles. The molecule has 1 aliphatic carbocycles. The molecule has 0 aromatic rings. The van der Waals surface area contributed by atoms with E-state index in [2.05, 4.69) is 0 Å². The van der Waals surface area contributed by atoms with Crippen LogP contribution in [-0.2, 0) is 9.22 Å². The lowest BCUT2D eigenvalue weighted by Gasteiger charge is -2.44. The van der Waals surface area contributed by atoms with Crippen molar-refractivity contribution in [1.82, 2.24) is 0 Å². The molecule has 0 aromatic carbocycles. The van der Waals surface area contributed by atoms with E-state index in [4.69, 9.17) is 4.43 Å². The van der Waals surface area contributed by atoms with Gasteiger partial charge in [0.25, 0.3) is 0 Å². The van der Waals surface area contributed by atoms with Crippen LogP contribution < -0.4 is 0 Å². The monoisotopic (exact) mass is 307 g/mol. The smallest absolute Gasteiger partial charge is 0.393 e. The van der Waals surface area contributed by atoms with E-state index in [0.29, 0.717) is 5.57 Å². The average molecular weight is 307 g/mol. The lowest BCUT2D eigenvalue weighted by Crippen LogP contribution is -2.48. The molecule has 1 atom stereocenters. The molecule has 0 N–H and O–H groups in total. The first-order chi connectivity index (χ1) is 8.80. The van der Waals surface area contributed by atoms with Crippen LogP contribution in [0, 0.1) is 5.41 Å². The third kappa shape index (κ3) is 3.34. The Hall–Kier alpha value is -0.623. The van der Waals surface area contributed by atoms with E-state index in [1.165, 1.54) is 0 Å². The summed E-state index contributed by atoms with van der Waals surface area (Å²) in [5.41, 5.74) is -0.987. The van der Waals surface area contributed by atoms with Gasteiger partial charge >= 0.3 is 6.18 Å². The van der Waals surface area contributed by atoms with Crippen LogP contribution >= 0.6 is 0 Å². The van der Waals surface area contributed by atoms with Crippen molar-refractivity contribution in [2.75, 3.05) is 0 Å². The molecule has 0 aromatic heterocycles. The molecule has 0 fully saturated rings. The molecule has 1 unspecified atom stereocenters. The first-order valence-corrected chi connectivity index (χ1v) is 9.00. The Balaban J connectivity index is 3.32. The summed E-state index contributed by atoms with van der Waals surface area (Å²) in [6.45, 7) is 11.2. The molecule has 1 radical (unpaired) electrons. The van der Waals surface area contributed by atoms with Gasteiger partial charge in [0.15, 0.2) is 5.78 Å². The number of hydrogen-bond donors (Lipinski definition) is 0. The van der Waals surface area contributed by atoms with Gasteiger partial charge in [0, 0.05) is 12.0 Å².